The van der Waals surface area contributed by atoms with Crippen LogP contribution >= 0.6 is 68.0 Å². The quantitative estimate of drug-likeness (QED) is 0.162. The summed E-state index contributed by atoms with van der Waals surface area (Å²) in [5.41, 5.74) is 11.0. The maximum atomic E-state index is 4.83. The van der Waals surface area contributed by atoms with Crippen LogP contribution in [0.1, 0.15) is 407 Å². The van der Waals surface area contributed by atoms with Crippen molar-refractivity contribution in [2.24, 2.45) is 86.1 Å². The zero-order valence-electron chi connectivity index (χ0n) is 104. The van der Waals surface area contributed by atoms with Gasteiger partial charge in [-0.05, 0) is 250 Å². The molecule has 14 rings (SSSR count). The highest BCUT2D eigenvalue weighted by molar-refractivity contribution is 7.17. The maximum absolute atomic E-state index is 4.83. The van der Waals surface area contributed by atoms with Crippen LogP contribution in [0.3, 0.4) is 0 Å². The van der Waals surface area contributed by atoms with E-state index in [2.05, 4.69) is 498 Å². The van der Waals surface area contributed by atoms with Crippen LogP contribution in [0.4, 0.5) is 0 Å². The predicted octanol–water partition coefficient (Wildman–Crippen LogP) is 44.6. The standard InChI is InChI=1S/C10H12.C8H6S.C5H8N2.C5H7N.C5H6O.3C5H6S.12C5H12.2C4H6N2.2C4H5NS.C2H6/c1-2-6-10-8-4-3-7-9(10)5-1;1-2-4-8-7(3-1)5-6-9-8;1-2-7-5-3-4-6-7;1-6-4-2-3-5-6;4*1-5-3-2-4-6-5;12*1-5(2,3)4;2*1-6-4-2-3-5-6;1-4-2-5-3-6-4;1-4-5-2-3-6-4;1-2/h1-2,5-6H,3-4,7-8H2;1-6H;3-5H,2H2,1H3;2-5H,1H3;4*2-4H,1H3;12*1-4H3;2*2-4H,1H3;2*2-3H,1H3;1-2H3. The molecule has 1 aliphatic carbocycles. The summed E-state index contributed by atoms with van der Waals surface area (Å²) < 4.78 is 13.6. The molecule has 16 heteroatoms. The lowest BCUT2D eigenvalue weighted by atomic mass is 9.92. The summed E-state index contributed by atoms with van der Waals surface area (Å²) in [6, 6.07) is 45.3. The number of hydrogen-bond donors (Lipinski definition) is 0. The van der Waals surface area contributed by atoms with Gasteiger partial charge in [0.05, 0.1) is 16.8 Å². The molecule has 0 spiro atoms. The molecule has 0 N–H and O–H groups in total. The Kier molecular flexibility index (Phi) is 99.0. The number of benzene rings is 2. The Hall–Kier alpha value is -7.05. The highest BCUT2D eigenvalue weighted by atomic mass is 32.1. The van der Waals surface area contributed by atoms with Crippen LogP contribution in [-0.4, -0.2) is 43.9 Å². The van der Waals surface area contributed by atoms with Crippen molar-refractivity contribution in [2.75, 3.05) is 0 Å². The summed E-state index contributed by atoms with van der Waals surface area (Å²) >= 11 is 10.5. The Labute approximate surface area is 907 Å². The van der Waals surface area contributed by atoms with E-state index in [4.69, 9.17) is 4.42 Å². The molecule has 0 amide bonds. The second-order valence-electron chi connectivity index (χ2n) is 53.1. The van der Waals surface area contributed by atoms with E-state index in [1.54, 1.807) is 120 Å². The lowest BCUT2D eigenvalue weighted by Crippen LogP contribution is -2.00. The van der Waals surface area contributed by atoms with E-state index in [0.29, 0.717) is 65.0 Å². The molecule has 0 aliphatic heterocycles. The van der Waals surface area contributed by atoms with Crippen LogP contribution in [0, 0.1) is 107 Å². The van der Waals surface area contributed by atoms with Crippen molar-refractivity contribution in [1.29, 1.82) is 0 Å². The monoisotopic (exact) mass is 2080 g/mol. The molecular formula is C126H229N9OS6. The molecule has 11 heterocycles. The first kappa shape index (κ1) is 158. The zero-order chi connectivity index (χ0) is 114. The fourth-order valence-electron chi connectivity index (χ4n) is 6.20. The highest BCUT2D eigenvalue weighted by Gasteiger charge is 2.07. The van der Waals surface area contributed by atoms with Crippen LogP contribution in [-0.2, 0) is 40.5 Å². The van der Waals surface area contributed by atoms with Crippen molar-refractivity contribution >= 4 is 78.1 Å². The summed E-state index contributed by atoms with van der Waals surface area (Å²) in [7, 11) is 5.78. The third kappa shape index (κ3) is 232. The Bertz CT molecular complexity index is 3630. The van der Waals surface area contributed by atoms with E-state index in [-0.39, 0.29) is 0 Å². The molecular weight excluding hydrogens is 1850 g/mol. The number of fused-ring (bicyclic) bond motifs is 2. The fourth-order valence-corrected chi connectivity index (χ4v) is 9.43. The molecule has 0 saturated heterocycles. The van der Waals surface area contributed by atoms with E-state index in [1.165, 1.54) is 55.3 Å². The first-order chi connectivity index (χ1) is 63.9. The van der Waals surface area contributed by atoms with Gasteiger partial charge in [-0.25, -0.2) is 0 Å². The lowest BCUT2D eigenvalue weighted by molar-refractivity contribution is 0.469. The third-order valence-electron chi connectivity index (χ3n) is 10.3. The van der Waals surface area contributed by atoms with Crippen molar-refractivity contribution in [3.8, 4) is 0 Å². The molecule has 0 bridgehead atoms. The summed E-state index contributed by atoms with van der Waals surface area (Å²) in [4.78, 5) is 13.2. The number of aryl methyl sites for hydroxylation is 12. The van der Waals surface area contributed by atoms with E-state index in [9.17, 15) is 0 Å². The Morgan fingerprint density at radius 2 is 0.599 bits per heavy atom. The Morgan fingerprint density at radius 3 is 0.746 bits per heavy atom. The zero-order valence-corrected chi connectivity index (χ0v) is 109. The molecule has 820 valence electrons. The van der Waals surface area contributed by atoms with Gasteiger partial charge < -0.3 is 8.98 Å². The summed E-state index contributed by atoms with van der Waals surface area (Å²) in [6.07, 6.45) is 25.7. The molecule has 10 nitrogen and oxygen atoms in total. The van der Waals surface area contributed by atoms with Gasteiger partial charge in [0.1, 0.15) is 5.76 Å². The van der Waals surface area contributed by atoms with Crippen LogP contribution < -0.4 is 0 Å². The first-order valence-corrected chi connectivity index (χ1v) is 56.3. The number of thiophene rings is 4. The van der Waals surface area contributed by atoms with Gasteiger partial charge in [-0.15, -0.1) is 68.0 Å². The van der Waals surface area contributed by atoms with Gasteiger partial charge in [0.25, 0.3) is 0 Å². The highest BCUT2D eigenvalue weighted by Crippen LogP contribution is 2.22. The average Bonchev–Trinajstić information content (AvgIpc) is 1.58. The van der Waals surface area contributed by atoms with Gasteiger partial charge in [0.15, 0.2) is 0 Å². The molecule has 0 atom stereocenters. The molecule has 1 aliphatic rings. The summed E-state index contributed by atoms with van der Waals surface area (Å²) in [5, 5.41) is 24.4. The second-order valence-corrected chi connectivity index (χ2v) is 59.7. The van der Waals surface area contributed by atoms with E-state index in [1.807, 2.05) is 156 Å². The number of aromatic nitrogens is 9. The lowest BCUT2D eigenvalue weighted by Gasteiger charge is -2.13. The van der Waals surface area contributed by atoms with Crippen molar-refractivity contribution in [3.63, 3.8) is 0 Å². The van der Waals surface area contributed by atoms with Crippen molar-refractivity contribution in [3.05, 3.63) is 276 Å². The number of rotatable bonds is 1. The van der Waals surface area contributed by atoms with Crippen LogP contribution in [0.15, 0.2) is 239 Å². The molecule has 11 aromatic heterocycles. The molecule has 0 unspecified atom stereocenters. The van der Waals surface area contributed by atoms with Crippen LogP contribution in [0.5, 0.6) is 0 Å². The average molecular weight is 2080 g/mol. The smallest absolute Gasteiger partial charge is 0.100 e. The number of thiazole rings is 2. The number of furan rings is 1. The van der Waals surface area contributed by atoms with Crippen molar-refractivity contribution in [1.82, 2.24) is 43.9 Å². The van der Waals surface area contributed by atoms with Gasteiger partial charge in [0.2, 0.25) is 0 Å². The molecule has 0 saturated carbocycles. The minimum absolute atomic E-state index is 0.500. The Morgan fingerprint density at radius 1 is 0.289 bits per heavy atom. The second kappa shape index (κ2) is 89.2. The molecule has 0 fully saturated rings. The van der Waals surface area contributed by atoms with E-state index < -0.39 is 0 Å². The largest absolute Gasteiger partial charge is 0.470 e. The van der Waals surface area contributed by atoms with Crippen LogP contribution in [0.25, 0.3) is 10.1 Å². The van der Waals surface area contributed by atoms with Crippen LogP contribution in [0.2, 0.25) is 0 Å². The summed E-state index contributed by atoms with van der Waals surface area (Å²) in [6.45, 7) is 124. The topological polar surface area (TPSA) is 97.3 Å². The van der Waals surface area contributed by atoms with E-state index >= 15 is 0 Å². The van der Waals surface area contributed by atoms with Gasteiger partial charge in [-0.1, -0.05) is 407 Å². The number of nitrogens with zero attached hydrogens (tertiary/aromatic N) is 9. The maximum Gasteiger partial charge on any atom is 0.100 e. The minimum atomic E-state index is 0.500. The Balaban J connectivity index is -0.000000140. The SMILES string of the molecule is CC.CC(C)(C)C.CC(C)(C)C.CC(C)(C)C.CC(C)(C)C.CC(C)(C)C.CC(C)(C)C.CC(C)(C)C.CC(C)(C)C.CC(C)(C)C.CC(C)(C)C.CC(C)(C)C.CC(C)(C)C.CCn1cccn1.Cc1ccco1.Cc1cccs1.Cc1cccs1.Cc1cccs1.Cc1cncs1.Cc1nccs1.Cn1cccc1.Cn1cccn1.Cn1cccn1.c1ccc2c(c1)CCCC2.c1ccc2sccc2c1. The van der Waals surface area contributed by atoms with Crippen molar-refractivity contribution in [2.45, 2.75) is 427 Å². The third-order valence-corrected chi connectivity index (χ3v) is 15.0. The van der Waals surface area contributed by atoms with E-state index in [0.717, 1.165) is 17.3 Å². The minimum Gasteiger partial charge on any atom is -0.470 e. The molecule has 13 aromatic rings. The predicted molar refractivity (Wildman–Crippen MR) is 662 cm³/mol. The molecule has 2 aromatic carbocycles. The number of hydrogen-bond acceptors (Lipinski definition) is 12. The normalized spacial score (nSPS) is 10.7. The summed E-state index contributed by atoms with van der Waals surface area (Å²) in [5.74, 6) is 0.968. The fraction of sp³-hybridized carbons (Fsp3) is 0.611. The van der Waals surface area contributed by atoms with Crippen molar-refractivity contribution < 1.29 is 4.42 Å². The molecule has 142 heavy (non-hydrogen) atoms. The van der Waals surface area contributed by atoms with Gasteiger partial charge in [-0.3, -0.25) is 24.0 Å². The van der Waals surface area contributed by atoms with Gasteiger partial charge in [-0.2, -0.15) is 15.3 Å². The van der Waals surface area contributed by atoms with Gasteiger partial charge in [0, 0.05) is 119 Å². The molecule has 0 radical (unpaired) electrons. The first-order valence-electron chi connectivity index (χ1n) is 51.0. The van der Waals surface area contributed by atoms with Gasteiger partial charge >= 0.3 is 0 Å².